The molecule has 1 aliphatic rings. The van der Waals surface area contributed by atoms with Gasteiger partial charge in [0.25, 0.3) is 5.91 Å². The minimum Gasteiger partial charge on any atom is -0.481 e. The van der Waals surface area contributed by atoms with Crippen LogP contribution >= 0.6 is 0 Å². The topological polar surface area (TPSA) is 51.2 Å². The average Bonchev–Trinajstić information content (AvgIpc) is 2.95. The van der Waals surface area contributed by atoms with E-state index < -0.39 is 0 Å². The Balaban J connectivity index is 1.75. The van der Waals surface area contributed by atoms with Crippen molar-refractivity contribution in [3.05, 3.63) is 53.2 Å². The first-order chi connectivity index (χ1) is 9.76. The predicted molar refractivity (Wildman–Crippen MR) is 77.2 cm³/mol. The summed E-state index contributed by atoms with van der Waals surface area (Å²) in [6, 6.07) is 9.43. The molecule has 102 valence electrons. The van der Waals surface area contributed by atoms with Gasteiger partial charge in [-0.25, -0.2) is 4.98 Å². The summed E-state index contributed by atoms with van der Waals surface area (Å²) in [5, 5.41) is 2.84. The molecule has 0 saturated heterocycles. The van der Waals surface area contributed by atoms with Crippen LogP contribution in [0.2, 0.25) is 0 Å². The molecule has 1 N–H and O–H groups in total. The Kier molecular flexibility index (Phi) is 3.37. The minimum atomic E-state index is -0.105. The first-order valence-electron chi connectivity index (χ1n) is 6.69. The molecular weight excluding hydrogens is 252 g/mol. The fourth-order valence-electron chi connectivity index (χ4n) is 2.49. The van der Waals surface area contributed by atoms with E-state index in [4.69, 9.17) is 4.74 Å². The molecule has 4 nitrogen and oxygen atoms in total. The maximum Gasteiger partial charge on any atom is 0.255 e. The van der Waals surface area contributed by atoms with E-state index in [0.29, 0.717) is 17.1 Å². The normalized spacial score (nSPS) is 12.8. The van der Waals surface area contributed by atoms with Gasteiger partial charge in [-0.2, -0.15) is 0 Å². The monoisotopic (exact) mass is 268 g/mol. The van der Waals surface area contributed by atoms with Crippen LogP contribution in [-0.2, 0) is 12.8 Å². The predicted octanol–water partition coefficient (Wildman–Crippen LogP) is 2.83. The zero-order valence-electron chi connectivity index (χ0n) is 11.3. The number of benzene rings is 1. The number of fused-ring (bicyclic) bond motifs is 1. The summed E-state index contributed by atoms with van der Waals surface area (Å²) in [7, 11) is 1.56. The summed E-state index contributed by atoms with van der Waals surface area (Å²) in [6.07, 6.45) is 4.97. The summed E-state index contributed by atoms with van der Waals surface area (Å²) < 4.78 is 4.99. The number of carbonyl (C=O) groups excluding carboxylic acids is 1. The molecule has 2 aromatic rings. The van der Waals surface area contributed by atoms with Crippen LogP contribution in [0.5, 0.6) is 5.88 Å². The Morgan fingerprint density at radius 3 is 2.80 bits per heavy atom. The molecular formula is C16H16N2O2. The Bertz CT molecular complexity index is 635. The van der Waals surface area contributed by atoms with Gasteiger partial charge in [-0.3, -0.25) is 4.79 Å². The zero-order valence-corrected chi connectivity index (χ0v) is 11.3. The van der Waals surface area contributed by atoms with Crippen molar-refractivity contribution in [2.24, 2.45) is 0 Å². The van der Waals surface area contributed by atoms with Gasteiger partial charge in [0.1, 0.15) is 0 Å². The quantitative estimate of drug-likeness (QED) is 0.931. The molecule has 0 aliphatic heterocycles. The molecule has 1 aromatic carbocycles. The van der Waals surface area contributed by atoms with Crippen LogP contribution in [0.25, 0.3) is 0 Å². The molecule has 0 atom stereocenters. The molecule has 3 rings (SSSR count). The lowest BCUT2D eigenvalue weighted by Crippen LogP contribution is -2.12. The van der Waals surface area contributed by atoms with Crippen LogP contribution in [-0.4, -0.2) is 18.0 Å². The Hall–Kier alpha value is -2.36. The van der Waals surface area contributed by atoms with Crippen LogP contribution in [0.3, 0.4) is 0 Å². The average molecular weight is 268 g/mol. The highest BCUT2D eigenvalue weighted by Crippen LogP contribution is 2.23. The van der Waals surface area contributed by atoms with E-state index in [1.54, 1.807) is 25.4 Å². The number of rotatable bonds is 3. The number of methoxy groups -OCH3 is 1. The van der Waals surface area contributed by atoms with Gasteiger partial charge in [-0.05, 0) is 48.6 Å². The van der Waals surface area contributed by atoms with Crippen molar-refractivity contribution in [2.45, 2.75) is 19.3 Å². The summed E-state index contributed by atoms with van der Waals surface area (Å²) in [4.78, 5) is 16.3. The van der Waals surface area contributed by atoms with E-state index >= 15 is 0 Å². The number of ether oxygens (including phenoxy) is 1. The number of pyridine rings is 1. The number of hydrogen-bond acceptors (Lipinski definition) is 3. The first kappa shape index (κ1) is 12.7. The van der Waals surface area contributed by atoms with Gasteiger partial charge in [0.2, 0.25) is 5.88 Å². The number of nitrogens with one attached hydrogen (secondary N) is 1. The fraction of sp³-hybridized carbons (Fsp3) is 0.250. The highest BCUT2D eigenvalue weighted by Gasteiger charge is 2.14. The third-order valence-electron chi connectivity index (χ3n) is 3.56. The third-order valence-corrected chi connectivity index (χ3v) is 3.56. The van der Waals surface area contributed by atoms with Gasteiger partial charge >= 0.3 is 0 Å². The summed E-state index contributed by atoms with van der Waals surface area (Å²) in [5.41, 5.74) is 4.02. The molecule has 1 amide bonds. The Morgan fingerprint density at radius 1 is 1.20 bits per heavy atom. The van der Waals surface area contributed by atoms with Crippen molar-refractivity contribution in [1.29, 1.82) is 0 Å². The number of nitrogens with zero attached hydrogens (tertiary/aromatic N) is 1. The number of aromatic nitrogens is 1. The number of aryl methyl sites for hydroxylation is 2. The van der Waals surface area contributed by atoms with E-state index in [-0.39, 0.29) is 5.91 Å². The lowest BCUT2D eigenvalue weighted by molar-refractivity contribution is 0.102. The highest BCUT2D eigenvalue weighted by atomic mass is 16.5. The molecule has 0 saturated carbocycles. The third kappa shape index (κ3) is 2.50. The molecule has 0 fully saturated rings. The Labute approximate surface area is 117 Å². The van der Waals surface area contributed by atoms with Crippen molar-refractivity contribution in [3.63, 3.8) is 0 Å². The Morgan fingerprint density at radius 2 is 2.05 bits per heavy atom. The molecule has 0 unspecified atom stereocenters. The molecule has 1 heterocycles. The fourth-order valence-corrected chi connectivity index (χ4v) is 2.49. The van der Waals surface area contributed by atoms with Crippen LogP contribution in [0.1, 0.15) is 27.9 Å². The smallest absolute Gasteiger partial charge is 0.255 e. The summed E-state index contributed by atoms with van der Waals surface area (Å²) in [5.74, 6) is 0.423. The van der Waals surface area contributed by atoms with E-state index in [9.17, 15) is 4.79 Å². The zero-order chi connectivity index (χ0) is 13.9. The molecule has 1 aromatic heterocycles. The highest BCUT2D eigenvalue weighted by molar-refractivity contribution is 6.04. The molecule has 0 bridgehead atoms. The number of amides is 1. The maximum absolute atomic E-state index is 12.2. The molecule has 1 aliphatic carbocycles. The lowest BCUT2D eigenvalue weighted by atomic mass is 10.1. The second-order valence-electron chi connectivity index (χ2n) is 4.88. The van der Waals surface area contributed by atoms with E-state index in [1.165, 1.54) is 17.5 Å². The van der Waals surface area contributed by atoms with Gasteiger partial charge in [-0.1, -0.05) is 6.07 Å². The molecule has 0 radical (unpaired) electrons. The molecule has 20 heavy (non-hydrogen) atoms. The van der Waals surface area contributed by atoms with E-state index in [1.807, 2.05) is 12.1 Å². The number of carbonyl (C=O) groups is 1. The van der Waals surface area contributed by atoms with Crippen LogP contribution in [0, 0.1) is 0 Å². The van der Waals surface area contributed by atoms with Crippen molar-refractivity contribution >= 4 is 11.6 Å². The SMILES string of the molecule is COc1ccc(NC(=O)c2ccc3c(c2)CCC3)cn1. The van der Waals surface area contributed by atoms with Gasteiger partial charge in [0, 0.05) is 11.6 Å². The van der Waals surface area contributed by atoms with Crippen molar-refractivity contribution < 1.29 is 9.53 Å². The van der Waals surface area contributed by atoms with Gasteiger partial charge in [0.05, 0.1) is 19.0 Å². The summed E-state index contributed by atoms with van der Waals surface area (Å²) in [6.45, 7) is 0. The van der Waals surface area contributed by atoms with Crippen molar-refractivity contribution in [2.75, 3.05) is 12.4 Å². The van der Waals surface area contributed by atoms with Gasteiger partial charge in [-0.15, -0.1) is 0 Å². The van der Waals surface area contributed by atoms with Crippen molar-refractivity contribution in [3.8, 4) is 5.88 Å². The second kappa shape index (κ2) is 5.33. The second-order valence-corrected chi connectivity index (χ2v) is 4.88. The van der Waals surface area contributed by atoms with E-state index in [2.05, 4.69) is 16.4 Å². The van der Waals surface area contributed by atoms with Crippen molar-refractivity contribution in [1.82, 2.24) is 4.98 Å². The first-order valence-corrected chi connectivity index (χ1v) is 6.69. The van der Waals surface area contributed by atoms with Crippen LogP contribution < -0.4 is 10.1 Å². The maximum atomic E-state index is 12.2. The lowest BCUT2D eigenvalue weighted by Gasteiger charge is -2.07. The standard InChI is InChI=1S/C16H16N2O2/c1-20-15-8-7-14(10-17-15)18-16(19)13-6-5-11-3-2-4-12(11)9-13/h5-10H,2-4H2,1H3,(H,18,19). The largest absolute Gasteiger partial charge is 0.481 e. The molecule has 0 spiro atoms. The van der Waals surface area contributed by atoms with E-state index in [0.717, 1.165) is 12.8 Å². The molecule has 4 heteroatoms. The van der Waals surface area contributed by atoms with Crippen LogP contribution in [0.4, 0.5) is 5.69 Å². The number of hydrogen-bond donors (Lipinski definition) is 1. The van der Waals surface area contributed by atoms with Gasteiger partial charge in [0.15, 0.2) is 0 Å². The summed E-state index contributed by atoms with van der Waals surface area (Å²) >= 11 is 0. The van der Waals surface area contributed by atoms with Gasteiger partial charge < -0.3 is 10.1 Å². The minimum absolute atomic E-state index is 0.105. The van der Waals surface area contributed by atoms with Crippen LogP contribution in [0.15, 0.2) is 36.5 Å². The number of anilines is 1.